The van der Waals surface area contributed by atoms with Crippen LogP contribution in [0.15, 0.2) is 88.9 Å². The van der Waals surface area contributed by atoms with Gasteiger partial charge in [-0.2, -0.15) is 0 Å². The first kappa shape index (κ1) is 20.1. The summed E-state index contributed by atoms with van der Waals surface area (Å²) in [5, 5.41) is 1.87. The van der Waals surface area contributed by atoms with Gasteiger partial charge in [-0.3, -0.25) is 14.2 Å². The molecule has 0 aliphatic rings. The van der Waals surface area contributed by atoms with Crippen LogP contribution in [-0.2, 0) is 0 Å². The number of carbonyl (C=O) groups is 1. The molecule has 0 aliphatic carbocycles. The Hall–Kier alpha value is -3.84. The number of ketones is 1. The van der Waals surface area contributed by atoms with Crippen molar-refractivity contribution in [3.8, 4) is 11.4 Å². The normalized spacial score (nSPS) is 11.2. The van der Waals surface area contributed by atoms with Crippen LogP contribution < -0.4 is 10.3 Å². The standard InChI is InChI=1S/C25H19N3O3S/c1-31-17-12-10-16(11-13-17)28-24(30)19-7-3-5-9-22(19)27-25(28)32-15-23(29)20-14-26-21-8-4-2-6-18(20)21/h2-14,26H,15H2,1H3. The Morgan fingerprint density at radius 1 is 1.00 bits per heavy atom. The maximum Gasteiger partial charge on any atom is 0.266 e. The van der Waals surface area contributed by atoms with E-state index in [4.69, 9.17) is 9.72 Å². The summed E-state index contributed by atoms with van der Waals surface area (Å²) in [6.07, 6.45) is 1.73. The highest BCUT2D eigenvalue weighted by molar-refractivity contribution is 7.99. The Labute approximate surface area is 187 Å². The number of hydrogen-bond donors (Lipinski definition) is 1. The van der Waals surface area contributed by atoms with E-state index in [0.29, 0.717) is 33.1 Å². The van der Waals surface area contributed by atoms with Crippen LogP contribution in [0, 0.1) is 0 Å². The van der Waals surface area contributed by atoms with Crippen LogP contribution in [0.2, 0.25) is 0 Å². The fourth-order valence-corrected chi connectivity index (χ4v) is 4.57. The van der Waals surface area contributed by atoms with Crippen molar-refractivity contribution in [1.29, 1.82) is 0 Å². The molecule has 0 spiro atoms. The Morgan fingerprint density at radius 2 is 1.72 bits per heavy atom. The minimum absolute atomic E-state index is 0.0314. The van der Waals surface area contributed by atoms with Crippen LogP contribution >= 0.6 is 11.8 Å². The summed E-state index contributed by atoms with van der Waals surface area (Å²) < 4.78 is 6.79. The van der Waals surface area contributed by atoms with Crippen molar-refractivity contribution in [2.24, 2.45) is 0 Å². The molecule has 5 rings (SSSR count). The molecule has 2 aromatic heterocycles. The van der Waals surface area contributed by atoms with E-state index in [1.54, 1.807) is 42.1 Å². The summed E-state index contributed by atoms with van der Waals surface area (Å²) in [5.41, 5.74) is 2.63. The third-order valence-electron chi connectivity index (χ3n) is 5.30. The predicted octanol–water partition coefficient (Wildman–Crippen LogP) is 4.85. The molecule has 1 N–H and O–H groups in total. The van der Waals surface area contributed by atoms with Crippen molar-refractivity contribution >= 4 is 39.4 Å². The summed E-state index contributed by atoms with van der Waals surface area (Å²) in [5.74, 6) is 0.818. The fourth-order valence-electron chi connectivity index (χ4n) is 3.68. The number of methoxy groups -OCH3 is 1. The van der Waals surface area contributed by atoms with Crippen molar-refractivity contribution in [2.45, 2.75) is 5.16 Å². The highest BCUT2D eigenvalue weighted by Gasteiger charge is 2.17. The molecule has 0 saturated carbocycles. The number of fused-ring (bicyclic) bond motifs is 2. The van der Waals surface area contributed by atoms with E-state index in [0.717, 1.165) is 10.9 Å². The van der Waals surface area contributed by atoms with Gasteiger partial charge in [0.05, 0.1) is 29.5 Å². The fraction of sp³-hybridized carbons (Fsp3) is 0.0800. The van der Waals surface area contributed by atoms with Crippen molar-refractivity contribution in [3.63, 3.8) is 0 Å². The molecule has 0 bridgehead atoms. The number of aromatic nitrogens is 3. The molecular formula is C25H19N3O3S. The molecule has 3 aromatic carbocycles. The molecule has 158 valence electrons. The van der Waals surface area contributed by atoms with Gasteiger partial charge in [0, 0.05) is 22.7 Å². The Balaban J connectivity index is 1.55. The van der Waals surface area contributed by atoms with Gasteiger partial charge in [-0.25, -0.2) is 4.98 Å². The second-order valence-corrected chi connectivity index (χ2v) is 8.15. The maximum atomic E-state index is 13.3. The zero-order valence-electron chi connectivity index (χ0n) is 17.2. The van der Waals surface area contributed by atoms with Crippen LogP contribution in [0.5, 0.6) is 5.75 Å². The lowest BCUT2D eigenvalue weighted by molar-refractivity contribution is 0.102. The minimum Gasteiger partial charge on any atom is -0.497 e. The molecular weight excluding hydrogens is 422 g/mol. The second-order valence-electron chi connectivity index (χ2n) is 7.21. The number of rotatable bonds is 6. The zero-order valence-corrected chi connectivity index (χ0v) is 18.1. The summed E-state index contributed by atoms with van der Waals surface area (Å²) >= 11 is 1.25. The lowest BCUT2D eigenvalue weighted by Gasteiger charge is -2.13. The molecule has 2 heterocycles. The quantitative estimate of drug-likeness (QED) is 0.232. The molecule has 0 atom stereocenters. The first-order valence-electron chi connectivity index (χ1n) is 10.0. The number of benzene rings is 3. The van der Waals surface area contributed by atoms with Gasteiger partial charge in [0.25, 0.3) is 5.56 Å². The number of carbonyl (C=O) groups excluding carboxylic acids is 1. The van der Waals surface area contributed by atoms with Crippen LogP contribution in [0.1, 0.15) is 10.4 Å². The molecule has 0 unspecified atom stereocenters. The topological polar surface area (TPSA) is 77.0 Å². The van der Waals surface area contributed by atoms with Crippen molar-refractivity contribution < 1.29 is 9.53 Å². The third-order valence-corrected chi connectivity index (χ3v) is 6.24. The largest absolute Gasteiger partial charge is 0.497 e. The van der Waals surface area contributed by atoms with E-state index < -0.39 is 0 Å². The number of Topliss-reactive ketones (excluding diaryl/α,β-unsaturated/α-hetero) is 1. The van der Waals surface area contributed by atoms with Crippen molar-refractivity contribution in [3.05, 3.63) is 94.9 Å². The van der Waals surface area contributed by atoms with Gasteiger partial charge in [-0.1, -0.05) is 42.1 Å². The summed E-state index contributed by atoms with van der Waals surface area (Å²) in [6.45, 7) is 0. The minimum atomic E-state index is -0.178. The number of thioether (sulfide) groups is 1. The highest BCUT2D eigenvalue weighted by Crippen LogP contribution is 2.25. The number of hydrogen-bond acceptors (Lipinski definition) is 5. The van der Waals surface area contributed by atoms with E-state index >= 15 is 0 Å². The van der Waals surface area contributed by atoms with Gasteiger partial charge in [-0.15, -0.1) is 0 Å². The average molecular weight is 442 g/mol. The molecule has 6 nitrogen and oxygen atoms in total. The smallest absolute Gasteiger partial charge is 0.266 e. The monoisotopic (exact) mass is 441 g/mol. The Kier molecular flexibility index (Phi) is 5.25. The van der Waals surface area contributed by atoms with Crippen molar-refractivity contribution in [1.82, 2.24) is 14.5 Å². The number of nitrogens with zero attached hydrogens (tertiary/aromatic N) is 2. The molecule has 0 aliphatic heterocycles. The summed E-state index contributed by atoms with van der Waals surface area (Å²) in [4.78, 5) is 34.2. The van der Waals surface area contributed by atoms with E-state index in [2.05, 4.69) is 4.98 Å². The van der Waals surface area contributed by atoms with Crippen LogP contribution in [0.25, 0.3) is 27.5 Å². The van der Waals surface area contributed by atoms with Gasteiger partial charge in [0.2, 0.25) is 0 Å². The average Bonchev–Trinajstić information content (AvgIpc) is 3.27. The van der Waals surface area contributed by atoms with Crippen LogP contribution in [-0.4, -0.2) is 33.2 Å². The van der Waals surface area contributed by atoms with E-state index in [9.17, 15) is 9.59 Å². The van der Waals surface area contributed by atoms with E-state index in [1.807, 2.05) is 48.5 Å². The molecule has 5 aromatic rings. The number of nitrogens with one attached hydrogen (secondary N) is 1. The van der Waals surface area contributed by atoms with Gasteiger partial charge >= 0.3 is 0 Å². The molecule has 0 saturated heterocycles. The van der Waals surface area contributed by atoms with Gasteiger partial charge in [0.1, 0.15) is 5.75 Å². The second kappa shape index (κ2) is 8.36. The number of aromatic amines is 1. The molecule has 0 amide bonds. The van der Waals surface area contributed by atoms with Crippen LogP contribution in [0.4, 0.5) is 0 Å². The summed E-state index contributed by atoms with van der Waals surface area (Å²) in [7, 11) is 1.59. The van der Waals surface area contributed by atoms with Crippen molar-refractivity contribution in [2.75, 3.05) is 12.9 Å². The highest BCUT2D eigenvalue weighted by atomic mass is 32.2. The Morgan fingerprint density at radius 3 is 2.50 bits per heavy atom. The number of ether oxygens (including phenoxy) is 1. The van der Waals surface area contributed by atoms with E-state index in [-0.39, 0.29) is 17.1 Å². The predicted molar refractivity (Wildman–Crippen MR) is 127 cm³/mol. The van der Waals surface area contributed by atoms with Crippen LogP contribution in [0.3, 0.4) is 0 Å². The van der Waals surface area contributed by atoms with Gasteiger partial charge in [-0.05, 0) is 42.5 Å². The lowest BCUT2D eigenvalue weighted by atomic mass is 10.1. The molecule has 7 heteroatoms. The van der Waals surface area contributed by atoms with Gasteiger partial charge < -0.3 is 9.72 Å². The first-order chi connectivity index (χ1) is 15.7. The lowest BCUT2D eigenvalue weighted by Crippen LogP contribution is -2.22. The number of H-pyrrole nitrogens is 1. The number of para-hydroxylation sites is 2. The van der Waals surface area contributed by atoms with Gasteiger partial charge in [0.15, 0.2) is 10.9 Å². The maximum absolute atomic E-state index is 13.3. The zero-order chi connectivity index (χ0) is 22.1. The third kappa shape index (κ3) is 3.56. The molecule has 32 heavy (non-hydrogen) atoms. The summed E-state index contributed by atoms with van der Waals surface area (Å²) in [6, 6.07) is 22.1. The SMILES string of the molecule is COc1ccc(-n2c(SCC(=O)c3c[nH]c4ccccc34)nc3ccccc3c2=O)cc1. The van der Waals surface area contributed by atoms with E-state index in [1.165, 1.54) is 11.8 Å². The molecule has 0 fully saturated rings. The Bertz CT molecular complexity index is 1500. The first-order valence-corrected chi connectivity index (χ1v) is 11.0. The molecule has 0 radical (unpaired) electrons.